The number of aromatic nitrogens is 1. The summed E-state index contributed by atoms with van der Waals surface area (Å²) in [5.41, 5.74) is 0.921. The summed E-state index contributed by atoms with van der Waals surface area (Å²) >= 11 is 0. The fourth-order valence-corrected chi connectivity index (χ4v) is 3.10. The van der Waals surface area contributed by atoms with Crippen molar-refractivity contribution in [2.24, 2.45) is 11.8 Å². The molecule has 2 rings (SSSR count). The van der Waals surface area contributed by atoms with Gasteiger partial charge in [-0.1, -0.05) is 19.9 Å². The molecule has 20 heavy (non-hydrogen) atoms. The number of carbonyl (C=O) groups is 1. The number of hydrogen-bond acceptors (Lipinski definition) is 4. The average Bonchev–Trinajstić information content (AvgIpc) is 2.87. The van der Waals surface area contributed by atoms with Crippen LogP contribution in [0.4, 0.5) is 0 Å². The van der Waals surface area contributed by atoms with Gasteiger partial charge in [0.05, 0.1) is 7.11 Å². The quantitative estimate of drug-likeness (QED) is 0.775. The lowest BCUT2D eigenvalue weighted by Gasteiger charge is -2.26. The minimum atomic E-state index is -0.314. The topological polar surface area (TPSA) is 42.4 Å². The summed E-state index contributed by atoms with van der Waals surface area (Å²) in [6, 6.07) is 3.50. The zero-order valence-corrected chi connectivity index (χ0v) is 12.6. The van der Waals surface area contributed by atoms with Crippen LogP contribution in [0, 0.1) is 11.8 Å². The maximum atomic E-state index is 12.1. The summed E-state index contributed by atoms with van der Waals surface area (Å²) in [5.74, 6) is 1.19. The normalized spacial score (nSPS) is 21.1. The van der Waals surface area contributed by atoms with Crippen molar-refractivity contribution in [3.63, 3.8) is 0 Å². The van der Waals surface area contributed by atoms with Crippen LogP contribution in [0.25, 0.3) is 0 Å². The average molecular weight is 276 g/mol. The van der Waals surface area contributed by atoms with Gasteiger partial charge in [0.25, 0.3) is 0 Å². The second kappa shape index (κ2) is 6.84. The van der Waals surface area contributed by atoms with Gasteiger partial charge in [-0.2, -0.15) is 0 Å². The van der Waals surface area contributed by atoms with Crippen molar-refractivity contribution in [2.75, 3.05) is 20.2 Å². The monoisotopic (exact) mass is 276 g/mol. The summed E-state index contributed by atoms with van der Waals surface area (Å²) in [6.07, 6.45) is 5.87. The Morgan fingerprint density at radius 2 is 2.35 bits per heavy atom. The molecule has 4 heteroatoms. The number of ether oxygens (including phenoxy) is 1. The Hall–Kier alpha value is -1.42. The summed E-state index contributed by atoms with van der Waals surface area (Å²) in [6.45, 7) is 6.42. The van der Waals surface area contributed by atoms with Crippen molar-refractivity contribution in [3.05, 3.63) is 30.1 Å². The van der Waals surface area contributed by atoms with Crippen LogP contribution in [0.2, 0.25) is 0 Å². The standard InChI is InChI=1S/C16H24N2O2/c1-12(2)9-13-6-8-18(11-13)15(16(19)20-3)14-5-4-7-17-10-14/h4-5,7,10,12-13,15H,6,8-9,11H2,1-3H3/t13-,15-/m1/s1. The lowest BCUT2D eigenvalue weighted by atomic mass is 9.96. The minimum Gasteiger partial charge on any atom is -0.468 e. The van der Waals surface area contributed by atoms with Gasteiger partial charge in [-0.05, 0) is 42.9 Å². The first kappa shape index (κ1) is 15.0. The van der Waals surface area contributed by atoms with Crippen molar-refractivity contribution in [1.29, 1.82) is 0 Å². The van der Waals surface area contributed by atoms with Crippen molar-refractivity contribution >= 4 is 5.97 Å². The Kier molecular flexibility index (Phi) is 5.12. The van der Waals surface area contributed by atoms with Crippen LogP contribution in [-0.2, 0) is 9.53 Å². The Morgan fingerprint density at radius 1 is 1.55 bits per heavy atom. The molecule has 2 heterocycles. The molecule has 2 atom stereocenters. The van der Waals surface area contributed by atoms with Gasteiger partial charge in [0, 0.05) is 18.9 Å². The summed E-state index contributed by atoms with van der Waals surface area (Å²) in [4.78, 5) is 18.5. The second-order valence-electron chi connectivity index (χ2n) is 5.99. The number of rotatable bonds is 5. The fourth-order valence-electron chi connectivity index (χ4n) is 3.10. The number of pyridine rings is 1. The highest BCUT2D eigenvalue weighted by molar-refractivity contribution is 5.77. The highest BCUT2D eigenvalue weighted by Gasteiger charge is 2.34. The molecule has 4 nitrogen and oxygen atoms in total. The first-order valence-electron chi connectivity index (χ1n) is 7.33. The molecule has 1 aliphatic rings. The molecule has 1 saturated heterocycles. The van der Waals surface area contributed by atoms with Crippen LogP contribution in [0.5, 0.6) is 0 Å². The third-order valence-electron chi connectivity index (χ3n) is 3.91. The number of methoxy groups -OCH3 is 1. The summed E-state index contributed by atoms with van der Waals surface area (Å²) < 4.78 is 4.99. The number of esters is 1. The van der Waals surface area contributed by atoms with Gasteiger partial charge in [0.2, 0.25) is 0 Å². The van der Waals surface area contributed by atoms with Crippen molar-refractivity contribution in [1.82, 2.24) is 9.88 Å². The Balaban J connectivity index is 2.11. The molecule has 110 valence electrons. The molecular formula is C16H24N2O2. The zero-order chi connectivity index (χ0) is 14.5. The third-order valence-corrected chi connectivity index (χ3v) is 3.91. The maximum Gasteiger partial charge on any atom is 0.327 e. The van der Waals surface area contributed by atoms with Crippen molar-refractivity contribution < 1.29 is 9.53 Å². The molecule has 0 amide bonds. The molecule has 0 spiro atoms. The van der Waals surface area contributed by atoms with E-state index in [0.717, 1.165) is 25.1 Å². The maximum absolute atomic E-state index is 12.1. The highest BCUT2D eigenvalue weighted by atomic mass is 16.5. The SMILES string of the molecule is COC(=O)[C@@H](c1cccnc1)N1CC[C@H](CC(C)C)C1. The molecule has 0 bridgehead atoms. The Labute approximate surface area is 121 Å². The van der Waals surface area contributed by atoms with Crippen LogP contribution in [0.1, 0.15) is 38.3 Å². The van der Waals surface area contributed by atoms with E-state index in [2.05, 4.69) is 23.7 Å². The lowest BCUT2D eigenvalue weighted by Crippen LogP contribution is -2.33. The largest absolute Gasteiger partial charge is 0.468 e. The molecule has 1 fully saturated rings. The van der Waals surface area contributed by atoms with Gasteiger partial charge in [0.15, 0.2) is 0 Å². The van der Waals surface area contributed by atoms with Gasteiger partial charge in [0.1, 0.15) is 6.04 Å². The molecule has 0 radical (unpaired) electrons. The fraction of sp³-hybridized carbons (Fsp3) is 0.625. The summed E-state index contributed by atoms with van der Waals surface area (Å²) in [5, 5.41) is 0. The van der Waals surface area contributed by atoms with Gasteiger partial charge in [-0.25, -0.2) is 4.79 Å². The molecule has 1 aromatic rings. The van der Waals surface area contributed by atoms with E-state index in [-0.39, 0.29) is 12.0 Å². The van der Waals surface area contributed by atoms with Crippen LogP contribution in [-0.4, -0.2) is 36.1 Å². The zero-order valence-electron chi connectivity index (χ0n) is 12.6. The second-order valence-corrected chi connectivity index (χ2v) is 5.99. The van der Waals surface area contributed by atoms with E-state index in [4.69, 9.17) is 4.74 Å². The van der Waals surface area contributed by atoms with Crippen LogP contribution in [0.3, 0.4) is 0 Å². The van der Waals surface area contributed by atoms with Gasteiger partial charge >= 0.3 is 5.97 Å². The van der Waals surface area contributed by atoms with E-state index in [1.807, 2.05) is 12.1 Å². The van der Waals surface area contributed by atoms with Crippen molar-refractivity contribution in [3.8, 4) is 0 Å². The van der Waals surface area contributed by atoms with Gasteiger partial charge < -0.3 is 4.74 Å². The van der Waals surface area contributed by atoms with Gasteiger partial charge in [-0.15, -0.1) is 0 Å². The van der Waals surface area contributed by atoms with E-state index in [0.29, 0.717) is 11.8 Å². The number of hydrogen-bond donors (Lipinski definition) is 0. The smallest absolute Gasteiger partial charge is 0.327 e. The van der Waals surface area contributed by atoms with E-state index in [1.54, 1.807) is 12.4 Å². The summed E-state index contributed by atoms with van der Waals surface area (Å²) in [7, 11) is 1.45. The predicted octanol–water partition coefficient (Wildman–Crippen LogP) is 2.66. The lowest BCUT2D eigenvalue weighted by molar-refractivity contribution is -0.147. The number of nitrogens with zero attached hydrogens (tertiary/aromatic N) is 2. The van der Waals surface area contributed by atoms with E-state index in [1.165, 1.54) is 13.5 Å². The Morgan fingerprint density at radius 3 is 2.95 bits per heavy atom. The number of likely N-dealkylation sites (tertiary alicyclic amines) is 1. The molecular weight excluding hydrogens is 252 g/mol. The van der Waals surface area contributed by atoms with Crippen LogP contribution < -0.4 is 0 Å². The first-order valence-corrected chi connectivity index (χ1v) is 7.33. The van der Waals surface area contributed by atoms with Crippen molar-refractivity contribution in [2.45, 2.75) is 32.7 Å². The van der Waals surface area contributed by atoms with E-state index >= 15 is 0 Å². The van der Waals surface area contributed by atoms with Crippen LogP contribution >= 0.6 is 0 Å². The van der Waals surface area contributed by atoms with Crippen LogP contribution in [0.15, 0.2) is 24.5 Å². The molecule has 0 saturated carbocycles. The Bertz CT molecular complexity index is 433. The molecule has 0 aromatic carbocycles. The highest BCUT2D eigenvalue weighted by Crippen LogP contribution is 2.31. The number of carbonyl (C=O) groups excluding carboxylic acids is 1. The molecule has 0 N–H and O–H groups in total. The molecule has 0 aliphatic carbocycles. The predicted molar refractivity (Wildman–Crippen MR) is 78.1 cm³/mol. The van der Waals surface area contributed by atoms with E-state index < -0.39 is 0 Å². The van der Waals surface area contributed by atoms with E-state index in [9.17, 15) is 4.79 Å². The third kappa shape index (κ3) is 3.57. The first-order chi connectivity index (χ1) is 9.61. The minimum absolute atomic E-state index is 0.191. The molecule has 1 aliphatic heterocycles. The molecule has 0 unspecified atom stereocenters. The molecule has 1 aromatic heterocycles. The van der Waals surface area contributed by atoms with Gasteiger partial charge in [-0.3, -0.25) is 9.88 Å².